The summed E-state index contributed by atoms with van der Waals surface area (Å²) in [5, 5.41) is 10.0. The molecule has 3 nitrogen and oxygen atoms in total. The molecule has 0 radical (unpaired) electrons. The number of hydrogen-bond acceptors (Lipinski definition) is 3. The fourth-order valence-electron chi connectivity index (χ4n) is 2.03. The molecule has 0 heterocycles. The maximum Gasteiger partial charge on any atom is 0.165 e. The minimum Gasteiger partial charge on any atom is -0.493 e. The first kappa shape index (κ1) is 12.7. The van der Waals surface area contributed by atoms with Crippen molar-refractivity contribution in [2.24, 2.45) is 0 Å². The molecule has 1 N–H and O–H groups in total. The first-order valence-corrected chi connectivity index (χ1v) is 6.42. The fraction of sp³-hybridized carbons (Fsp3) is 0.538. The molecule has 1 aliphatic rings. The largest absolute Gasteiger partial charge is 0.493 e. The summed E-state index contributed by atoms with van der Waals surface area (Å²) in [6.45, 7) is 1.97. The maximum atomic E-state index is 10.0. The molecule has 1 aliphatic carbocycles. The molecule has 0 aromatic heterocycles. The summed E-state index contributed by atoms with van der Waals surface area (Å²) in [5.41, 5.74) is 1.46. The van der Waals surface area contributed by atoms with Crippen LogP contribution in [0.25, 0.3) is 0 Å². The Morgan fingerprint density at radius 1 is 1.29 bits per heavy atom. The molecule has 0 bridgehead atoms. The van der Waals surface area contributed by atoms with Gasteiger partial charge < -0.3 is 14.6 Å². The van der Waals surface area contributed by atoms with Gasteiger partial charge in [0.1, 0.15) is 0 Å². The van der Waals surface area contributed by atoms with Gasteiger partial charge in [-0.25, -0.2) is 0 Å². The van der Waals surface area contributed by atoms with E-state index in [1.807, 2.05) is 13.0 Å². The Morgan fingerprint density at radius 2 is 1.88 bits per heavy atom. The summed E-state index contributed by atoms with van der Waals surface area (Å²) in [6.07, 6.45) is 2.35. The van der Waals surface area contributed by atoms with E-state index < -0.39 is 5.60 Å². The Hall–Kier alpha value is -0.740. The van der Waals surface area contributed by atoms with Crippen LogP contribution in [0.15, 0.2) is 10.5 Å². The Morgan fingerprint density at radius 3 is 2.35 bits per heavy atom. The highest BCUT2D eigenvalue weighted by Gasteiger charge is 2.41. The lowest BCUT2D eigenvalue weighted by atomic mass is 10.0. The molecule has 0 aliphatic heterocycles. The van der Waals surface area contributed by atoms with Crippen molar-refractivity contribution in [3.8, 4) is 11.5 Å². The summed E-state index contributed by atoms with van der Waals surface area (Å²) in [6, 6.07) is 2.01. The first-order valence-electron chi connectivity index (χ1n) is 5.63. The monoisotopic (exact) mass is 300 g/mol. The van der Waals surface area contributed by atoms with Gasteiger partial charge in [-0.15, -0.1) is 0 Å². The van der Waals surface area contributed by atoms with Gasteiger partial charge in [0.2, 0.25) is 0 Å². The average Bonchev–Trinajstić information content (AvgIpc) is 3.00. The van der Waals surface area contributed by atoms with Crippen LogP contribution in [0, 0.1) is 6.92 Å². The van der Waals surface area contributed by atoms with Crippen LogP contribution in [0.3, 0.4) is 0 Å². The second-order valence-electron chi connectivity index (χ2n) is 4.61. The van der Waals surface area contributed by atoms with Crippen molar-refractivity contribution in [3.63, 3.8) is 0 Å². The van der Waals surface area contributed by atoms with Crippen LogP contribution < -0.4 is 9.47 Å². The quantitative estimate of drug-likeness (QED) is 0.929. The van der Waals surface area contributed by atoms with Crippen molar-refractivity contribution in [2.45, 2.75) is 31.8 Å². The lowest BCUT2D eigenvalue weighted by molar-refractivity contribution is 0.149. The molecule has 0 saturated heterocycles. The van der Waals surface area contributed by atoms with Crippen LogP contribution in [0.4, 0.5) is 0 Å². The van der Waals surface area contributed by atoms with Gasteiger partial charge in [0.05, 0.1) is 19.8 Å². The SMILES string of the molecule is COc1c(CC2(O)CC2)cc(Br)c(C)c1OC. The van der Waals surface area contributed by atoms with Gasteiger partial charge in [0.25, 0.3) is 0 Å². The lowest BCUT2D eigenvalue weighted by Gasteiger charge is -2.18. The van der Waals surface area contributed by atoms with Crippen LogP contribution in [0.2, 0.25) is 0 Å². The predicted octanol–water partition coefficient (Wildman–Crippen LogP) is 2.84. The molecule has 1 aromatic rings. The molecule has 0 spiro atoms. The molecule has 2 rings (SSSR count). The van der Waals surface area contributed by atoms with Crippen molar-refractivity contribution in [3.05, 3.63) is 21.7 Å². The third kappa shape index (κ3) is 2.43. The van der Waals surface area contributed by atoms with E-state index in [-0.39, 0.29) is 0 Å². The number of methoxy groups -OCH3 is 2. The van der Waals surface area contributed by atoms with E-state index in [1.54, 1.807) is 14.2 Å². The zero-order valence-electron chi connectivity index (χ0n) is 10.3. The van der Waals surface area contributed by atoms with E-state index in [1.165, 1.54) is 0 Å². The molecule has 94 valence electrons. The molecular formula is C13H17BrO3. The predicted molar refractivity (Wildman–Crippen MR) is 69.9 cm³/mol. The van der Waals surface area contributed by atoms with E-state index in [4.69, 9.17) is 9.47 Å². The van der Waals surface area contributed by atoms with Gasteiger partial charge >= 0.3 is 0 Å². The molecular weight excluding hydrogens is 284 g/mol. The van der Waals surface area contributed by atoms with Crippen molar-refractivity contribution in [1.29, 1.82) is 0 Å². The minimum absolute atomic E-state index is 0.535. The standard InChI is InChI=1S/C13H17BrO3/c1-8-10(14)6-9(7-13(15)4-5-13)12(17-3)11(8)16-2/h6,15H,4-5,7H2,1-3H3. The van der Waals surface area contributed by atoms with Crippen molar-refractivity contribution >= 4 is 15.9 Å². The molecule has 0 atom stereocenters. The number of halogens is 1. The third-order valence-corrected chi connectivity index (χ3v) is 4.08. The number of benzene rings is 1. The summed E-state index contributed by atoms with van der Waals surface area (Å²) >= 11 is 3.51. The number of hydrogen-bond donors (Lipinski definition) is 1. The number of aliphatic hydroxyl groups is 1. The Kier molecular flexibility index (Phi) is 3.36. The summed E-state index contributed by atoms with van der Waals surface area (Å²) in [5.74, 6) is 1.47. The third-order valence-electron chi connectivity index (χ3n) is 3.25. The molecule has 0 unspecified atom stereocenters. The van der Waals surface area contributed by atoms with Crippen molar-refractivity contribution in [1.82, 2.24) is 0 Å². The van der Waals surface area contributed by atoms with Crippen LogP contribution in [-0.4, -0.2) is 24.9 Å². The zero-order chi connectivity index (χ0) is 12.6. The topological polar surface area (TPSA) is 38.7 Å². The van der Waals surface area contributed by atoms with Gasteiger partial charge in [-0.2, -0.15) is 0 Å². The summed E-state index contributed by atoms with van der Waals surface area (Å²) < 4.78 is 11.8. The molecule has 4 heteroatoms. The van der Waals surface area contributed by atoms with E-state index in [9.17, 15) is 5.11 Å². The van der Waals surface area contributed by atoms with Gasteiger partial charge in [-0.1, -0.05) is 15.9 Å². The van der Waals surface area contributed by atoms with Gasteiger partial charge in [0.15, 0.2) is 11.5 Å². The smallest absolute Gasteiger partial charge is 0.165 e. The molecule has 1 aromatic carbocycles. The highest BCUT2D eigenvalue weighted by molar-refractivity contribution is 9.10. The second-order valence-corrected chi connectivity index (χ2v) is 5.46. The zero-order valence-corrected chi connectivity index (χ0v) is 11.9. The number of rotatable bonds is 4. The van der Waals surface area contributed by atoms with E-state index >= 15 is 0 Å². The van der Waals surface area contributed by atoms with Crippen LogP contribution in [0.1, 0.15) is 24.0 Å². The van der Waals surface area contributed by atoms with Gasteiger partial charge in [-0.3, -0.25) is 0 Å². The van der Waals surface area contributed by atoms with Crippen molar-refractivity contribution in [2.75, 3.05) is 14.2 Å². The highest BCUT2D eigenvalue weighted by atomic mass is 79.9. The fourth-order valence-corrected chi connectivity index (χ4v) is 2.48. The van der Waals surface area contributed by atoms with Crippen LogP contribution in [-0.2, 0) is 6.42 Å². The Labute approximate surface area is 110 Å². The molecule has 1 saturated carbocycles. The second kappa shape index (κ2) is 4.50. The van der Waals surface area contributed by atoms with Crippen molar-refractivity contribution < 1.29 is 14.6 Å². The molecule has 1 fully saturated rings. The van der Waals surface area contributed by atoms with E-state index in [0.717, 1.165) is 39.9 Å². The van der Waals surface area contributed by atoms with Crippen LogP contribution >= 0.6 is 15.9 Å². The van der Waals surface area contributed by atoms with Gasteiger partial charge in [-0.05, 0) is 25.8 Å². The van der Waals surface area contributed by atoms with E-state index in [2.05, 4.69) is 15.9 Å². The Balaban J connectivity index is 2.46. The summed E-state index contributed by atoms with van der Waals surface area (Å²) in [7, 11) is 3.26. The highest BCUT2D eigenvalue weighted by Crippen LogP contribution is 2.45. The minimum atomic E-state index is -0.535. The normalized spacial score (nSPS) is 16.8. The molecule has 0 amide bonds. The first-order chi connectivity index (χ1) is 8.00. The summed E-state index contributed by atoms with van der Waals surface area (Å²) in [4.78, 5) is 0. The maximum absolute atomic E-state index is 10.0. The average molecular weight is 301 g/mol. The van der Waals surface area contributed by atoms with Gasteiger partial charge in [0, 0.05) is 22.0 Å². The van der Waals surface area contributed by atoms with Crippen LogP contribution in [0.5, 0.6) is 11.5 Å². The number of ether oxygens (including phenoxy) is 2. The lowest BCUT2D eigenvalue weighted by Crippen LogP contribution is -2.12. The van der Waals surface area contributed by atoms with E-state index in [0.29, 0.717) is 6.42 Å². The molecule has 17 heavy (non-hydrogen) atoms. The Bertz CT molecular complexity index is 439.